The molecule has 0 radical (unpaired) electrons. The van der Waals surface area contributed by atoms with Gasteiger partial charge in [-0.3, -0.25) is 19.3 Å². The van der Waals surface area contributed by atoms with E-state index in [0.717, 1.165) is 45.4 Å². The second-order valence-corrected chi connectivity index (χ2v) is 8.63. The highest BCUT2D eigenvalue weighted by molar-refractivity contribution is 5.76. The smallest absolute Gasteiger partial charge is 0.312 e. The second-order valence-electron chi connectivity index (χ2n) is 8.63. The van der Waals surface area contributed by atoms with Crippen LogP contribution in [0, 0.1) is 12.3 Å². The minimum Gasteiger partial charge on any atom is -0.481 e. The number of carboxylic acids is 1. The van der Waals surface area contributed by atoms with Crippen LogP contribution >= 0.6 is 0 Å². The van der Waals surface area contributed by atoms with Crippen LogP contribution < -0.4 is 0 Å². The number of fused-ring (bicyclic) bond motifs is 1. The van der Waals surface area contributed by atoms with Crippen molar-refractivity contribution in [3.63, 3.8) is 0 Å². The molecule has 3 heterocycles. The zero-order valence-corrected chi connectivity index (χ0v) is 16.2. The Balaban J connectivity index is 1.56. The lowest BCUT2D eigenvalue weighted by molar-refractivity contribution is -0.165. The number of hydrogen-bond acceptors (Lipinski definition) is 4. The molecular weight excluding hydrogens is 328 g/mol. The van der Waals surface area contributed by atoms with Gasteiger partial charge in [0.1, 0.15) is 0 Å². The Bertz CT molecular complexity index is 667. The molecule has 1 N–H and O–H groups in total. The standard InChI is InChI=1S/C20H32N4O2/c1-15-16(12-21-22(15)2)13-23-10-5-9-20(19(25)26)14-24(11-8-18(20)23)17-6-3-4-7-17/h12,17-18H,3-11,13-14H2,1-2H3,(H,25,26)/t18-,20+/m1/s1. The average molecular weight is 361 g/mol. The van der Waals surface area contributed by atoms with Gasteiger partial charge in [-0.1, -0.05) is 12.8 Å². The molecule has 0 spiro atoms. The summed E-state index contributed by atoms with van der Waals surface area (Å²) in [7, 11) is 1.97. The van der Waals surface area contributed by atoms with Crippen molar-refractivity contribution in [2.24, 2.45) is 12.5 Å². The Labute approximate surface area is 156 Å². The van der Waals surface area contributed by atoms with Crippen LogP contribution in [0.1, 0.15) is 56.2 Å². The maximum absolute atomic E-state index is 12.5. The predicted octanol–water partition coefficient (Wildman–Crippen LogP) is 2.41. The third-order valence-electron chi connectivity index (χ3n) is 7.30. The van der Waals surface area contributed by atoms with Crippen molar-refractivity contribution in [3.05, 3.63) is 17.5 Å². The monoisotopic (exact) mass is 360 g/mol. The van der Waals surface area contributed by atoms with E-state index in [-0.39, 0.29) is 6.04 Å². The molecule has 2 aliphatic heterocycles. The van der Waals surface area contributed by atoms with E-state index in [9.17, 15) is 9.90 Å². The van der Waals surface area contributed by atoms with E-state index < -0.39 is 11.4 Å². The Morgan fingerprint density at radius 3 is 2.69 bits per heavy atom. The van der Waals surface area contributed by atoms with Gasteiger partial charge >= 0.3 is 5.97 Å². The van der Waals surface area contributed by atoms with Crippen molar-refractivity contribution in [3.8, 4) is 0 Å². The van der Waals surface area contributed by atoms with Gasteiger partial charge in [-0.25, -0.2) is 0 Å². The SMILES string of the molecule is Cc1c(CN2CCC[C@]3(C(=O)O)CN(C4CCCC4)CC[C@@H]23)cnn1C. The van der Waals surface area contributed by atoms with Crippen molar-refractivity contribution < 1.29 is 9.90 Å². The molecule has 26 heavy (non-hydrogen) atoms. The third-order valence-corrected chi connectivity index (χ3v) is 7.30. The Morgan fingerprint density at radius 1 is 1.27 bits per heavy atom. The van der Waals surface area contributed by atoms with Gasteiger partial charge in [0, 0.05) is 43.5 Å². The van der Waals surface area contributed by atoms with Gasteiger partial charge in [-0.15, -0.1) is 0 Å². The summed E-state index contributed by atoms with van der Waals surface area (Å²) in [5.41, 5.74) is 1.81. The third kappa shape index (κ3) is 2.97. The summed E-state index contributed by atoms with van der Waals surface area (Å²) in [6.07, 6.45) is 9.81. The highest BCUT2D eigenvalue weighted by Gasteiger charge is 2.54. The van der Waals surface area contributed by atoms with Gasteiger partial charge < -0.3 is 5.11 Å². The number of nitrogens with zero attached hydrogens (tertiary/aromatic N) is 4. The fourth-order valence-electron chi connectivity index (χ4n) is 5.65. The summed E-state index contributed by atoms with van der Waals surface area (Å²) in [4.78, 5) is 17.4. The van der Waals surface area contributed by atoms with Crippen LogP contribution in [0.5, 0.6) is 0 Å². The van der Waals surface area contributed by atoms with E-state index in [1.54, 1.807) is 0 Å². The molecule has 1 aliphatic carbocycles. The maximum Gasteiger partial charge on any atom is 0.312 e. The fraction of sp³-hybridized carbons (Fsp3) is 0.800. The van der Waals surface area contributed by atoms with Crippen LogP contribution in [0.2, 0.25) is 0 Å². The van der Waals surface area contributed by atoms with Gasteiger partial charge in [0.05, 0.1) is 11.6 Å². The molecule has 2 atom stereocenters. The number of aliphatic carboxylic acids is 1. The van der Waals surface area contributed by atoms with Gasteiger partial charge in [0.2, 0.25) is 0 Å². The molecule has 0 aromatic carbocycles. The molecule has 3 fully saturated rings. The van der Waals surface area contributed by atoms with Gasteiger partial charge in [-0.2, -0.15) is 5.10 Å². The number of hydrogen-bond donors (Lipinski definition) is 1. The summed E-state index contributed by atoms with van der Waals surface area (Å²) >= 11 is 0. The Hall–Kier alpha value is -1.40. The number of carboxylic acid groups (broad SMARTS) is 1. The highest BCUT2D eigenvalue weighted by atomic mass is 16.4. The number of aryl methyl sites for hydroxylation is 1. The number of carbonyl (C=O) groups is 1. The molecule has 1 aromatic heterocycles. The first-order chi connectivity index (χ1) is 12.5. The molecule has 0 unspecified atom stereocenters. The minimum atomic E-state index is -0.602. The van der Waals surface area contributed by atoms with E-state index in [1.807, 2.05) is 17.9 Å². The summed E-state index contributed by atoms with van der Waals surface area (Å²) in [5.74, 6) is -0.585. The Kier molecular flexibility index (Phi) is 4.82. The van der Waals surface area contributed by atoms with Crippen LogP contribution in [0.15, 0.2) is 6.20 Å². The predicted molar refractivity (Wildman–Crippen MR) is 99.9 cm³/mol. The molecule has 6 nitrogen and oxygen atoms in total. The topological polar surface area (TPSA) is 61.6 Å². The average Bonchev–Trinajstić information content (AvgIpc) is 3.27. The number of likely N-dealkylation sites (tertiary alicyclic amines) is 2. The van der Waals surface area contributed by atoms with E-state index in [0.29, 0.717) is 6.04 Å². The van der Waals surface area contributed by atoms with Crippen LogP contribution in [-0.2, 0) is 18.4 Å². The quantitative estimate of drug-likeness (QED) is 0.893. The van der Waals surface area contributed by atoms with Crippen molar-refractivity contribution in [2.75, 3.05) is 19.6 Å². The van der Waals surface area contributed by atoms with Crippen LogP contribution in [0.25, 0.3) is 0 Å². The van der Waals surface area contributed by atoms with E-state index in [1.165, 1.54) is 36.9 Å². The van der Waals surface area contributed by atoms with E-state index in [4.69, 9.17) is 0 Å². The molecule has 0 bridgehead atoms. The van der Waals surface area contributed by atoms with Crippen molar-refractivity contribution >= 4 is 5.97 Å². The summed E-state index contributed by atoms with van der Waals surface area (Å²) in [6, 6.07) is 0.758. The van der Waals surface area contributed by atoms with Crippen LogP contribution in [-0.4, -0.2) is 62.4 Å². The zero-order chi connectivity index (χ0) is 18.3. The molecule has 4 rings (SSSR count). The summed E-state index contributed by atoms with van der Waals surface area (Å²) in [5, 5.41) is 14.6. The lowest BCUT2D eigenvalue weighted by atomic mass is 9.68. The molecule has 1 saturated carbocycles. The van der Waals surface area contributed by atoms with E-state index in [2.05, 4.69) is 21.8 Å². The van der Waals surface area contributed by atoms with Gasteiger partial charge in [0.15, 0.2) is 0 Å². The van der Waals surface area contributed by atoms with Crippen LogP contribution in [0.3, 0.4) is 0 Å². The number of piperidine rings is 2. The molecule has 144 valence electrons. The van der Waals surface area contributed by atoms with Gasteiger partial charge in [0.25, 0.3) is 0 Å². The lowest BCUT2D eigenvalue weighted by Crippen LogP contribution is -2.64. The fourth-order valence-corrected chi connectivity index (χ4v) is 5.65. The first kappa shape index (κ1) is 18.0. The molecule has 1 aromatic rings. The van der Waals surface area contributed by atoms with Crippen molar-refractivity contribution in [1.29, 1.82) is 0 Å². The highest BCUT2D eigenvalue weighted by Crippen LogP contribution is 2.44. The van der Waals surface area contributed by atoms with E-state index >= 15 is 0 Å². The minimum absolute atomic E-state index is 0.144. The molecule has 3 aliphatic rings. The molecule has 6 heteroatoms. The van der Waals surface area contributed by atoms with Crippen molar-refractivity contribution in [1.82, 2.24) is 19.6 Å². The first-order valence-electron chi connectivity index (χ1n) is 10.2. The maximum atomic E-state index is 12.5. The molecular formula is C20H32N4O2. The van der Waals surface area contributed by atoms with Gasteiger partial charge in [-0.05, 0) is 52.1 Å². The van der Waals surface area contributed by atoms with Crippen molar-refractivity contribution in [2.45, 2.75) is 70.5 Å². The zero-order valence-electron chi connectivity index (χ0n) is 16.2. The number of aromatic nitrogens is 2. The summed E-state index contributed by atoms with van der Waals surface area (Å²) in [6.45, 7) is 5.70. The number of rotatable bonds is 4. The molecule has 2 saturated heterocycles. The Morgan fingerprint density at radius 2 is 2.04 bits per heavy atom. The molecule has 0 amide bonds. The second kappa shape index (κ2) is 6.97. The normalized spacial score (nSPS) is 31.2. The van der Waals surface area contributed by atoms with Crippen LogP contribution in [0.4, 0.5) is 0 Å². The lowest BCUT2D eigenvalue weighted by Gasteiger charge is -2.54. The summed E-state index contributed by atoms with van der Waals surface area (Å²) < 4.78 is 1.91. The largest absolute Gasteiger partial charge is 0.481 e. The first-order valence-corrected chi connectivity index (χ1v) is 10.2.